The number of rotatable bonds is 3. The van der Waals surface area contributed by atoms with Gasteiger partial charge in [0.25, 0.3) is 0 Å². The molecule has 1 aliphatic rings. The average Bonchev–Trinajstić information content (AvgIpc) is 2.52. The second-order valence-electron chi connectivity index (χ2n) is 2.91. The lowest BCUT2D eigenvalue weighted by molar-refractivity contribution is -0.140. The predicted octanol–water partition coefficient (Wildman–Crippen LogP) is 1.11. The third-order valence-corrected chi connectivity index (χ3v) is 2.09. The standard InChI is InChI=1S/C8H15NO2.ClH/c1-11-8(10)5-4-7-3-2-6-9-7;/h7,9H,2-6H2,1H3;1H/t7-;/m0./s1. The fourth-order valence-electron chi connectivity index (χ4n) is 1.40. The predicted molar refractivity (Wildman–Crippen MR) is 49.5 cm³/mol. The molecule has 0 bridgehead atoms. The van der Waals surface area contributed by atoms with Gasteiger partial charge in [0, 0.05) is 12.5 Å². The van der Waals surface area contributed by atoms with Crippen LogP contribution >= 0.6 is 12.4 Å². The molecular weight excluding hydrogens is 178 g/mol. The van der Waals surface area contributed by atoms with Crippen LogP contribution in [0.3, 0.4) is 0 Å². The largest absolute Gasteiger partial charge is 0.469 e. The van der Waals surface area contributed by atoms with Crippen molar-refractivity contribution in [2.45, 2.75) is 31.7 Å². The SMILES string of the molecule is COC(=O)CC[C@@H]1CCCN1.Cl. The minimum Gasteiger partial charge on any atom is -0.469 e. The summed E-state index contributed by atoms with van der Waals surface area (Å²) in [5, 5.41) is 3.33. The van der Waals surface area contributed by atoms with Crippen molar-refractivity contribution >= 4 is 18.4 Å². The molecule has 4 heteroatoms. The second-order valence-corrected chi connectivity index (χ2v) is 2.91. The zero-order valence-corrected chi connectivity index (χ0v) is 8.15. The molecule has 12 heavy (non-hydrogen) atoms. The molecule has 0 unspecified atom stereocenters. The van der Waals surface area contributed by atoms with Crippen LogP contribution in [0.5, 0.6) is 0 Å². The van der Waals surface area contributed by atoms with Gasteiger partial charge >= 0.3 is 5.97 Å². The van der Waals surface area contributed by atoms with Gasteiger partial charge in [-0.25, -0.2) is 0 Å². The monoisotopic (exact) mass is 193 g/mol. The van der Waals surface area contributed by atoms with Crippen LogP contribution in [0.1, 0.15) is 25.7 Å². The van der Waals surface area contributed by atoms with E-state index in [0.717, 1.165) is 13.0 Å². The first-order chi connectivity index (χ1) is 5.33. The van der Waals surface area contributed by atoms with E-state index >= 15 is 0 Å². The first-order valence-electron chi connectivity index (χ1n) is 4.13. The Balaban J connectivity index is 0.00000121. The molecule has 1 heterocycles. The summed E-state index contributed by atoms with van der Waals surface area (Å²) in [5.41, 5.74) is 0. The Morgan fingerprint density at radius 3 is 2.92 bits per heavy atom. The summed E-state index contributed by atoms with van der Waals surface area (Å²) in [6.07, 6.45) is 3.92. The third-order valence-electron chi connectivity index (χ3n) is 2.09. The first-order valence-corrected chi connectivity index (χ1v) is 4.13. The lowest BCUT2D eigenvalue weighted by Gasteiger charge is -2.07. The fourth-order valence-corrected chi connectivity index (χ4v) is 1.40. The molecule has 1 aliphatic heterocycles. The molecule has 1 fully saturated rings. The van der Waals surface area contributed by atoms with Crippen LogP contribution in [0.2, 0.25) is 0 Å². The lowest BCUT2D eigenvalue weighted by atomic mass is 10.1. The summed E-state index contributed by atoms with van der Waals surface area (Å²) < 4.78 is 4.54. The summed E-state index contributed by atoms with van der Waals surface area (Å²) in [5.74, 6) is -0.0984. The maximum absolute atomic E-state index is 10.7. The number of carbonyl (C=O) groups excluding carboxylic acids is 1. The summed E-state index contributed by atoms with van der Waals surface area (Å²) in [6, 6.07) is 0.550. The van der Waals surface area contributed by atoms with Gasteiger partial charge in [0.05, 0.1) is 7.11 Å². The van der Waals surface area contributed by atoms with Gasteiger partial charge in [-0.15, -0.1) is 12.4 Å². The molecule has 0 aromatic rings. The molecule has 3 nitrogen and oxygen atoms in total. The molecule has 1 atom stereocenters. The van der Waals surface area contributed by atoms with Crippen LogP contribution in [0.25, 0.3) is 0 Å². The van der Waals surface area contributed by atoms with Crippen molar-refractivity contribution in [3.63, 3.8) is 0 Å². The summed E-state index contributed by atoms with van der Waals surface area (Å²) in [7, 11) is 1.43. The molecule has 0 aliphatic carbocycles. The van der Waals surface area contributed by atoms with E-state index in [2.05, 4.69) is 10.1 Å². The summed E-state index contributed by atoms with van der Waals surface area (Å²) in [6.45, 7) is 1.10. The molecule has 0 aromatic carbocycles. The molecule has 0 radical (unpaired) electrons. The quantitative estimate of drug-likeness (QED) is 0.683. The van der Waals surface area contributed by atoms with Crippen LogP contribution in [0, 0.1) is 0 Å². The maximum atomic E-state index is 10.7. The highest BCUT2D eigenvalue weighted by atomic mass is 35.5. The van der Waals surface area contributed by atoms with Crippen molar-refractivity contribution in [2.75, 3.05) is 13.7 Å². The number of esters is 1. The highest BCUT2D eigenvalue weighted by Gasteiger charge is 2.14. The lowest BCUT2D eigenvalue weighted by Crippen LogP contribution is -2.22. The van der Waals surface area contributed by atoms with Crippen LogP contribution in [-0.4, -0.2) is 25.7 Å². The Morgan fingerprint density at radius 2 is 2.42 bits per heavy atom. The van der Waals surface area contributed by atoms with Gasteiger partial charge in [-0.1, -0.05) is 0 Å². The van der Waals surface area contributed by atoms with E-state index in [1.807, 2.05) is 0 Å². The van der Waals surface area contributed by atoms with Crippen LogP contribution in [0.4, 0.5) is 0 Å². The average molecular weight is 194 g/mol. The molecule has 0 spiro atoms. The number of nitrogens with one attached hydrogen (secondary N) is 1. The van der Waals surface area contributed by atoms with Gasteiger partial charge in [-0.3, -0.25) is 4.79 Å². The summed E-state index contributed by atoms with van der Waals surface area (Å²) in [4.78, 5) is 10.7. The van der Waals surface area contributed by atoms with Gasteiger partial charge in [0.2, 0.25) is 0 Å². The Kier molecular flexibility index (Phi) is 6.11. The van der Waals surface area contributed by atoms with E-state index in [1.54, 1.807) is 0 Å². The zero-order chi connectivity index (χ0) is 8.10. The normalized spacial score (nSPS) is 21.6. The molecule has 0 saturated carbocycles. The fraction of sp³-hybridized carbons (Fsp3) is 0.875. The number of carbonyl (C=O) groups is 1. The Hall–Kier alpha value is -0.280. The van der Waals surface area contributed by atoms with Gasteiger partial charge in [0.15, 0.2) is 0 Å². The van der Waals surface area contributed by atoms with Gasteiger partial charge < -0.3 is 10.1 Å². The Labute approximate surface area is 79.3 Å². The van der Waals surface area contributed by atoms with E-state index in [-0.39, 0.29) is 18.4 Å². The minimum atomic E-state index is -0.0984. The van der Waals surface area contributed by atoms with Crippen molar-refractivity contribution in [3.8, 4) is 0 Å². The summed E-state index contributed by atoms with van der Waals surface area (Å²) >= 11 is 0. The topological polar surface area (TPSA) is 38.3 Å². The van der Waals surface area contributed by atoms with Crippen molar-refractivity contribution in [1.82, 2.24) is 5.32 Å². The number of methoxy groups -OCH3 is 1. The van der Waals surface area contributed by atoms with Crippen molar-refractivity contribution in [1.29, 1.82) is 0 Å². The van der Waals surface area contributed by atoms with Crippen molar-refractivity contribution in [3.05, 3.63) is 0 Å². The van der Waals surface area contributed by atoms with Crippen molar-refractivity contribution < 1.29 is 9.53 Å². The van der Waals surface area contributed by atoms with Crippen molar-refractivity contribution in [2.24, 2.45) is 0 Å². The van der Waals surface area contributed by atoms with Gasteiger partial charge in [-0.2, -0.15) is 0 Å². The minimum absolute atomic E-state index is 0. The molecule has 0 aromatic heterocycles. The number of hydrogen-bond donors (Lipinski definition) is 1. The molecule has 1 saturated heterocycles. The van der Waals surface area contributed by atoms with E-state index < -0.39 is 0 Å². The van der Waals surface area contributed by atoms with Crippen LogP contribution in [0.15, 0.2) is 0 Å². The number of halogens is 1. The first kappa shape index (κ1) is 11.7. The van der Waals surface area contributed by atoms with E-state index in [4.69, 9.17) is 0 Å². The van der Waals surface area contributed by atoms with Crippen LogP contribution in [-0.2, 0) is 9.53 Å². The third kappa shape index (κ3) is 3.93. The van der Waals surface area contributed by atoms with E-state index in [0.29, 0.717) is 12.5 Å². The number of hydrogen-bond acceptors (Lipinski definition) is 3. The highest BCUT2D eigenvalue weighted by Crippen LogP contribution is 2.10. The molecule has 72 valence electrons. The van der Waals surface area contributed by atoms with E-state index in [1.165, 1.54) is 20.0 Å². The highest BCUT2D eigenvalue weighted by molar-refractivity contribution is 5.85. The molecule has 0 amide bonds. The van der Waals surface area contributed by atoms with Gasteiger partial charge in [-0.05, 0) is 25.8 Å². The molecule has 1 rings (SSSR count). The zero-order valence-electron chi connectivity index (χ0n) is 7.34. The second kappa shape index (κ2) is 6.26. The smallest absolute Gasteiger partial charge is 0.305 e. The Morgan fingerprint density at radius 1 is 1.67 bits per heavy atom. The Bertz CT molecular complexity index is 135. The molecular formula is C8H16ClNO2. The number of ether oxygens (including phenoxy) is 1. The van der Waals surface area contributed by atoms with Crippen LogP contribution < -0.4 is 5.32 Å². The van der Waals surface area contributed by atoms with Gasteiger partial charge in [0.1, 0.15) is 0 Å². The molecule has 1 N–H and O–H groups in total. The maximum Gasteiger partial charge on any atom is 0.305 e. The van der Waals surface area contributed by atoms with E-state index in [9.17, 15) is 4.79 Å².